The van der Waals surface area contributed by atoms with Crippen molar-refractivity contribution in [2.45, 2.75) is 59.0 Å². The van der Waals surface area contributed by atoms with E-state index in [0.29, 0.717) is 13.3 Å². The van der Waals surface area contributed by atoms with Gasteiger partial charge in [-0.05, 0) is 27.2 Å². The van der Waals surface area contributed by atoms with Crippen molar-refractivity contribution in [1.82, 2.24) is 4.90 Å². The Morgan fingerprint density at radius 2 is 1.82 bits per heavy atom. The summed E-state index contributed by atoms with van der Waals surface area (Å²) in [5.74, 6) is 0. The van der Waals surface area contributed by atoms with Crippen molar-refractivity contribution >= 4 is 6.09 Å². The van der Waals surface area contributed by atoms with Crippen LogP contribution in [0, 0.1) is 0 Å². The molecule has 0 aliphatic heterocycles. The summed E-state index contributed by atoms with van der Waals surface area (Å²) in [5.41, 5.74) is -0.452. The Morgan fingerprint density at radius 1 is 1.18 bits per heavy atom. The van der Waals surface area contributed by atoms with Crippen molar-refractivity contribution in [3.05, 3.63) is 0 Å². The first-order chi connectivity index (χ1) is 7.90. The summed E-state index contributed by atoms with van der Waals surface area (Å²) >= 11 is 0. The number of ether oxygens (including phenoxy) is 2. The third-order valence-electron chi connectivity index (χ3n) is 2.22. The Hall–Kier alpha value is -0.770. The molecular formula is C13H27NO3. The normalized spacial score (nSPS) is 11.4. The average Bonchev–Trinajstić information content (AvgIpc) is 2.20. The molecule has 0 atom stereocenters. The molecule has 0 rings (SSSR count). The van der Waals surface area contributed by atoms with Crippen LogP contribution in [0.15, 0.2) is 0 Å². The molecule has 0 N–H and O–H groups in total. The highest BCUT2D eigenvalue weighted by atomic mass is 16.6. The fourth-order valence-corrected chi connectivity index (χ4v) is 1.42. The summed E-state index contributed by atoms with van der Waals surface area (Å²) in [7, 11) is 1.59. The molecule has 17 heavy (non-hydrogen) atoms. The molecule has 0 radical (unpaired) electrons. The maximum Gasteiger partial charge on any atom is 0.412 e. The SMILES string of the molecule is CCCCCCN(COC)C(=O)OC(C)(C)C. The topological polar surface area (TPSA) is 38.8 Å². The lowest BCUT2D eigenvalue weighted by molar-refractivity contribution is -0.00328. The summed E-state index contributed by atoms with van der Waals surface area (Å²) < 4.78 is 10.3. The van der Waals surface area contributed by atoms with E-state index < -0.39 is 5.60 Å². The number of carbonyl (C=O) groups is 1. The zero-order valence-corrected chi connectivity index (χ0v) is 11.9. The van der Waals surface area contributed by atoms with Gasteiger partial charge in [-0.25, -0.2) is 4.79 Å². The van der Waals surface area contributed by atoms with Crippen molar-refractivity contribution < 1.29 is 14.3 Å². The number of amides is 1. The van der Waals surface area contributed by atoms with Crippen LogP contribution >= 0.6 is 0 Å². The molecule has 0 aliphatic rings. The third kappa shape index (κ3) is 8.98. The van der Waals surface area contributed by atoms with E-state index in [1.807, 2.05) is 20.8 Å². The predicted octanol–water partition coefficient (Wildman–Crippen LogP) is 3.41. The second kappa shape index (κ2) is 8.34. The van der Waals surface area contributed by atoms with Gasteiger partial charge in [-0.2, -0.15) is 0 Å². The zero-order chi connectivity index (χ0) is 13.3. The van der Waals surface area contributed by atoms with E-state index in [4.69, 9.17) is 9.47 Å². The molecule has 0 heterocycles. The smallest absolute Gasteiger partial charge is 0.412 e. The minimum absolute atomic E-state index is 0.293. The molecule has 0 bridgehead atoms. The predicted molar refractivity (Wildman–Crippen MR) is 69.0 cm³/mol. The lowest BCUT2D eigenvalue weighted by Crippen LogP contribution is -2.38. The van der Waals surface area contributed by atoms with Crippen molar-refractivity contribution in [1.29, 1.82) is 0 Å². The molecule has 0 aromatic rings. The maximum absolute atomic E-state index is 11.8. The average molecular weight is 245 g/mol. The van der Waals surface area contributed by atoms with E-state index in [1.165, 1.54) is 12.8 Å². The number of carbonyl (C=O) groups excluding carboxylic acids is 1. The molecular weight excluding hydrogens is 218 g/mol. The molecule has 4 nitrogen and oxygen atoms in total. The van der Waals surface area contributed by atoms with Gasteiger partial charge in [0.05, 0.1) is 0 Å². The summed E-state index contributed by atoms with van der Waals surface area (Å²) in [6, 6.07) is 0. The lowest BCUT2D eigenvalue weighted by atomic mass is 10.2. The second-order valence-corrected chi connectivity index (χ2v) is 5.22. The van der Waals surface area contributed by atoms with E-state index >= 15 is 0 Å². The van der Waals surface area contributed by atoms with E-state index in [-0.39, 0.29) is 6.09 Å². The number of rotatable bonds is 7. The number of hydrogen-bond donors (Lipinski definition) is 0. The molecule has 0 saturated carbocycles. The van der Waals surface area contributed by atoms with Crippen LogP contribution in [-0.2, 0) is 9.47 Å². The fourth-order valence-electron chi connectivity index (χ4n) is 1.42. The number of hydrogen-bond acceptors (Lipinski definition) is 3. The van der Waals surface area contributed by atoms with Gasteiger partial charge in [0.1, 0.15) is 12.3 Å². The minimum atomic E-state index is -0.452. The van der Waals surface area contributed by atoms with Gasteiger partial charge >= 0.3 is 6.09 Å². The Labute approximate surface area is 105 Å². The zero-order valence-electron chi connectivity index (χ0n) is 11.9. The quantitative estimate of drug-likeness (QED) is 0.509. The van der Waals surface area contributed by atoms with Crippen molar-refractivity contribution in [3.63, 3.8) is 0 Å². The minimum Gasteiger partial charge on any atom is -0.444 e. The molecule has 0 aliphatic carbocycles. The molecule has 0 unspecified atom stereocenters. The van der Waals surface area contributed by atoms with Crippen LogP contribution in [0.2, 0.25) is 0 Å². The van der Waals surface area contributed by atoms with E-state index in [0.717, 1.165) is 12.8 Å². The highest BCUT2D eigenvalue weighted by Crippen LogP contribution is 2.11. The van der Waals surface area contributed by atoms with Crippen LogP contribution in [0.1, 0.15) is 53.4 Å². The summed E-state index contributed by atoms with van der Waals surface area (Å²) in [6.45, 7) is 8.76. The van der Waals surface area contributed by atoms with Gasteiger partial charge in [0.15, 0.2) is 0 Å². The van der Waals surface area contributed by atoms with Gasteiger partial charge in [0, 0.05) is 13.7 Å². The van der Waals surface area contributed by atoms with Gasteiger partial charge < -0.3 is 9.47 Å². The molecule has 0 fully saturated rings. The molecule has 0 aromatic heterocycles. The summed E-state index contributed by atoms with van der Waals surface area (Å²) in [4.78, 5) is 13.4. The van der Waals surface area contributed by atoms with Crippen LogP contribution < -0.4 is 0 Å². The standard InChI is InChI=1S/C13H27NO3/c1-6-7-8-9-10-14(11-16-5)12(15)17-13(2,3)4/h6-11H2,1-5H3. The number of nitrogens with zero attached hydrogens (tertiary/aromatic N) is 1. The Kier molecular flexibility index (Phi) is 7.96. The molecule has 1 amide bonds. The highest BCUT2D eigenvalue weighted by molar-refractivity contribution is 5.67. The molecule has 102 valence electrons. The van der Waals surface area contributed by atoms with Gasteiger partial charge in [-0.1, -0.05) is 26.2 Å². The van der Waals surface area contributed by atoms with Crippen molar-refractivity contribution in [3.8, 4) is 0 Å². The summed E-state index contributed by atoms with van der Waals surface area (Å²) in [5, 5.41) is 0. The van der Waals surface area contributed by atoms with Crippen LogP contribution in [-0.4, -0.2) is 37.0 Å². The van der Waals surface area contributed by atoms with Gasteiger partial charge in [-0.15, -0.1) is 0 Å². The van der Waals surface area contributed by atoms with Crippen molar-refractivity contribution in [2.24, 2.45) is 0 Å². The Balaban J connectivity index is 4.07. The first-order valence-corrected chi connectivity index (χ1v) is 6.37. The molecule has 0 spiro atoms. The Bertz CT molecular complexity index is 211. The first kappa shape index (κ1) is 16.2. The molecule has 0 saturated heterocycles. The van der Waals surface area contributed by atoms with Gasteiger partial charge in [0.2, 0.25) is 0 Å². The van der Waals surface area contributed by atoms with Gasteiger partial charge in [-0.3, -0.25) is 4.90 Å². The largest absolute Gasteiger partial charge is 0.444 e. The van der Waals surface area contributed by atoms with Crippen LogP contribution in [0.25, 0.3) is 0 Å². The molecule has 0 aromatic carbocycles. The van der Waals surface area contributed by atoms with Crippen molar-refractivity contribution in [2.75, 3.05) is 20.4 Å². The number of methoxy groups -OCH3 is 1. The third-order valence-corrected chi connectivity index (χ3v) is 2.22. The monoisotopic (exact) mass is 245 g/mol. The molecule has 4 heteroatoms. The van der Waals surface area contributed by atoms with E-state index in [2.05, 4.69) is 6.92 Å². The van der Waals surface area contributed by atoms with E-state index in [9.17, 15) is 4.79 Å². The van der Waals surface area contributed by atoms with Gasteiger partial charge in [0.25, 0.3) is 0 Å². The Morgan fingerprint density at radius 3 is 2.29 bits per heavy atom. The van der Waals surface area contributed by atoms with Crippen LogP contribution in [0.5, 0.6) is 0 Å². The van der Waals surface area contributed by atoms with Crippen LogP contribution in [0.4, 0.5) is 4.79 Å². The fraction of sp³-hybridized carbons (Fsp3) is 0.923. The lowest BCUT2D eigenvalue weighted by Gasteiger charge is -2.26. The maximum atomic E-state index is 11.8. The first-order valence-electron chi connectivity index (χ1n) is 6.37. The number of unbranched alkanes of at least 4 members (excludes halogenated alkanes) is 3. The highest BCUT2D eigenvalue weighted by Gasteiger charge is 2.21. The summed E-state index contributed by atoms with van der Waals surface area (Å²) in [6.07, 6.45) is 4.23. The van der Waals surface area contributed by atoms with E-state index in [1.54, 1.807) is 12.0 Å². The van der Waals surface area contributed by atoms with Crippen LogP contribution in [0.3, 0.4) is 0 Å². The second-order valence-electron chi connectivity index (χ2n) is 5.22.